The molecule has 2 nitrogen and oxygen atoms in total. The molecule has 0 amide bonds. The Hall–Kier alpha value is 0.160. The van der Waals surface area contributed by atoms with Gasteiger partial charge >= 0.3 is 0 Å². The van der Waals surface area contributed by atoms with Gasteiger partial charge in [0.25, 0.3) is 6.43 Å². The van der Waals surface area contributed by atoms with Gasteiger partial charge in [0.15, 0.2) is 0 Å². The quantitative estimate of drug-likeness (QED) is 0.866. The van der Waals surface area contributed by atoms with Crippen LogP contribution < -0.4 is 5.32 Å². The number of halogens is 6. The third kappa shape index (κ3) is 4.86. The highest BCUT2D eigenvalue weighted by Crippen LogP contribution is 2.34. The van der Waals surface area contributed by atoms with Crippen LogP contribution in [0, 0.1) is 0 Å². The maximum atomic E-state index is 13.3. The molecule has 0 saturated carbocycles. The van der Waals surface area contributed by atoms with E-state index in [1.165, 1.54) is 6.07 Å². The molecule has 1 saturated heterocycles. The predicted octanol–water partition coefficient (Wildman–Crippen LogP) is 4.05. The lowest BCUT2D eigenvalue weighted by Crippen LogP contribution is -2.47. The van der Waals surface area contributed by atoms with Crippen molar-refractivity contribution < 1.29 is 8.78 Å². The van der Waals surface area contributed by atoms with Crippen LogP contribution in [-0.2, 0) is 0 Å². The van der Waals surface area contributed by atoms with E-state index in [-0.39, 0.29) is 24.8 Å². The molecular weight excluding hydrogens is 352 g/mol. The maximum Gasteiger partial charge on any atom is 0.258 e. The summed E-state index contributed by atoms with van der Waals surface area (Å²) in [6.45, 7) is 2.62. The van der Waals surface area contributed by atoms with Gasteiger partial charge < -0.3 is 5.32 Å². The summed E-state index contributed by atoms with van der Waals surface area (Å²) < 4.78 is 26.6. The van der Waals surface area contributed by atoms with E-state index in [4.69, 9.17) is 23.2 Å². The van der Waals surface area contributed by atoms with Crippen molar-refractivity contribution in [3.05, 3.63) is 33.8 Å². The standard InChI is InChI=1S/C12H14Cl2F2N2.2ClH/c13-8-1-2-9(10(14)7-8)11(12(15)16)18-5-3-17-4-6-18;;/h1-2,7,11-12,17H,3-6H2;2*1H/t11-;;/m0../s1. The number of benzene rings is 1. The van der Waals surface area contributed by atoms with Gasteiger partial charge in [-0.2, -0.15) is 0 Å². The van der Waals surface area contributed by atoms with E-state index in [0.717, 1.165) is 0 Å². The smallest absolute Gasteiger partial charge is 0.258 e. The lowest BCUT2D eigenvalue weighted by Gasteiger charge is -2.35. The number of hydrogen-bond acceptors (Lipinski definition) is 2. The first-order valence-electron chi connectivity index (χ1n) is 5.77. The molecule has 0 spiro atoms. The average molecular weight is 368 g/mol. The molecule has 116 valence electrons. The van der Waals surface area contributed by atoms with Gasteiger partial charge in [-0.05, 0) is 17.7 Å². The van der Waals surface area contributed by atoms with Gasteiger partial charge in [-0.1, -0.05) is 29.3 Å². The Bertz CT molecular complexity index is 414. The largest absolute Gasteiger partial charge is 0.314 e. The normalized spacial score (nSPS) is 17.2. The molecule has 1 N–H and O–H groups in total. The summed E-state index contributed by atoms with van der Waals surface area (Å²) in [5, 5.41) is 3.90. The summed E-state index contributed by atoms with van der Waals surface area (Å²) >= 11 is 11.8. The number of rotatable bonds is 3. The van der Waals surface area contributed by atoms with Crippen LogP contribution in [-0.4, -0.2) is 37.5 Å². The molecule has 8 heteroatoms. The Labute approximate surface area is 139 Å². The second kappa shape index (κ2) is 9.23. The number of alkyl halides is 2. The topological polar surface area (TPSA) is 15.3 Å². The van der Waals surface area contributed by atoms with Crippen molar-refractivity contribution in [1.29, 1.82) is 0 Å². The van der Waals surface area contributed by atoms with Gasteiger partial charge in [0.2, 0.25) is 0 Å². The van der Waals surface area contributed by atoms with Gasteiger partial charge in [-0.3, -0.25) is 4.90 Å². The summed E-state index contributed by atoms with van der Waals surface area (Å²) in [5.74, 6) is 0. The monoisotopic (exact) mass is 366 g/mol. The summed E-state index contributed by atoms with van der Waals surface area (Å²) in [6.07, 6.45) is -2.47. The minimum absolute atomic E-state index is 0. The molecule has 2 rings (SSSR count). The van der Waals surface area contributed by atoms with Crippen molar-refractivity contribution in [2.45, 2.75) is 12.5 Å². The molecule has 1 aromatic carbocycles. The maximum absolute atomic E-state index is 13.3. The van der Waals surface area contributed by atoms with Crippen LogP contribution in [0.1, 0.15) is 11.6 Å². The fraction of sp³-hybridized carbons (Fsp3) is 0.500. The van der Waals surface area contributed by atoms with E-state index in [1.807, 2.05) is 0 Å². The van der Waals surface area contributed by atoms with Crippen molar-refractivity contribution in [2.75, 3.05) is 26.2 Å². The van der Waals surface area contributed by atoms with Crippen LogP contribution in [0.25, 0.3) is 0 Å². The Morgan fingerprint density at radius 1 is 1.10 bits per heavy atom. The zero-order chi connectivity index (χ0) is 13.1. The minimum Gasteiger partial charge on any atom is -0.314 e. The van der Waals surface area contributed by atoms with Crippen molar-refractivity contribution in [1.82, 2.24) is 10.2 Å². The Morgan fingerprint density at radius 3 is 2.20 bits per heavy atom. The zero-order valence-electron chi connectivity index (χ0n) is 10.5. The van der Waals surface area contributed by atoms with Gasteiger partial charge in [0, 0.05) is 36.2 Å². The summed E-state index contributed by atoms with van der Waals surface area (Å²) in [6, 6.07) is 3.73. The van der Waals surface area contributed by atoms with Crippen LogP contribution in [0.15, 0.2) is 18.2 Å². The lowest BCUT2D eigenvalue weighted by molar-refractivity contribution is 0.0182. The summed E-state index contributed by atoms with van der Waals surface area (Å²) in [4.78, 5) is 1.76. The Kier molecular flexibility index (Phi) is 9.31. The Morgan fingerprint density at radius 2 is 1.70 bits per heavy atom. The molecule has 0 bridgehead atoms. The second-order valence-corrected chi connectivity index (χ2v) is 5.07. The predicted molar refractivity (Wildman–Crippen MR) is 84.1 cm³/mol. The average Bonchev–Trinajstić information content (AvgIpc) is 2.33. The molecule has 1 atom stereocenters. The van der Waals surface area contributed by atoms with Crippen LogP contribution >= 0.6 is 48.0 Å². The molecule has 0 radical (unpaired) electrons. The molecule has 1 aromatic rings. The Balaban J connectivity index is 0.00000180. The molecule has 1 fully saturated rings. The third-order valence-corrected chi connectivity index (χ3v) is 3.63. The first-order valence-corrected chi connectivity index (χ1v) is 6.53. The number of nitrogens with one attached hydrogen (secondary N) is 1. The van der Waals surface area contributed by atoms with Crippen LogP contribution in [0.4, 0.5) is 8.78 Å². The van der Waals surface area contributed by atoms with E-state index in [9.17, 15) is 8.78 Å². The van der Waals surface area contributed by atoms with Gasteiger partial charge in [-0.15, -0.1) is 24.8 Å². The van der Waals surface area contributed by atoms with Crippen LogP contribution in [0.3, 0.4) is 0 Å². The summed E-state index contributed by atoms with van der Waals surface area (Å²) in [7, 11) is 0. The van der Waals surface area contributed by atoms with Crippen molar-refractivity contribution in [3.63, 3.8) is 0 Å². The highest BCUT2D eigenvalue weighted by Gasteiger charge is 2.31. The van der Waals surface area contributed by atoms with Crippen LogP contribution in [0.2, 0.25) is 10.0 Å². The second-order valence-electron chi connectivity index (χ2n) is 4.23. The fourth-order valence-corrected chi connectivity index (χ4v) is 2.71. The number of hydrogen-bond donors (Lipinski definition) is 1. The zero-order valence-corrected chi connectivity index (χ0v) is 13.6. The first kappa shape index (κ1) is 20.2. The fourth-order valence-electron chi connectivity index (χ4n) is 2.19. The van der Waals surface area contributed by atoms with E-state index in [1.54, 1.807) is 17.0 Å². The summed E-state index contributed by atoms with van der Waals surface area (Å²) in [5.41, 5.74) is 0.443. The first-order chi connectivity index (χ1) is 8.59. The highest BCUT2D eigenvalue weighted by molar-refractivity contribution is 6.35. The molecule has 0 aliphatic carbocycles. The molecule has 1 heterocycles. The van der Waals surface area contributed by atoms with Crippen molar-refractivity contribution in [3.8, 4) is 0 Å². The van der Waals surface area contributed by atoms with Crippen molar-refractivity contribution in [2.24, 2.45) is 0 Å². The SMILES string of the molecule is Cl.Cl.FC(F)[C@H](c1ccc(Cl)cc1Cl)N1CCNCC1. The van der Waals surface area contributed by atoms with E-state index >= 15 is 0 Å². The van der Waals surface area contributed by atoms with E-state index < -0.39 is 12.5 Å². The van der Waals surface area contributed by atoms with Gasteiger partial charge in [0.1, 0.15) is 0 Å². The van der Waals surface area contributed by atoms with Gasteiger partial charge in [-0.25, -0.2) is 8.78 Å². The van der Waals surface area contributed by atoms with E-state index in [0.29, 0.717) is 41.8 Å². The van der Waals surface area contributed by atoms with Crippen LogP contribution in [0.5, 0.6) is 0 Å². The lowest BCUT2D eigenvalue weighted by atomic mass is 10.0. The highest BCUT2D eigenvalue weighted by atomic mass is 35.5. The van der Waals surface area contributed by atoms with Gasteiger partial charge in [0.05, 0.1) is 6.04 Å². The minimum atomic E-state index is -2.47. The molecule has 1 aliphatic heterocycles. The molecule has 0 unspecified atom stereocenters. The third-order valence-electron chi connectivity index (χ3n) is 3.06. The van der Waals surface area contributed by atoms with Crippen molar-refractivity contribution >= 4 is 48.0 Å². The number of nitrogens with zero attached hydrogens (tertiary/aromatic N) is 1. The molecule has 1 aliphatic rings. The molecule has 0 aromatic heterocycles. The molecular formula is C12H16Cl4F2N2. The number of piperazine rings is 1. The molecule has 20 heavy (non-hydrogen) atoms. The van der Waals surface area contributed by atoms with E-state index in [2.05, 4.69) is 5.32 Å².